The van der Waals surface area contributed by atoms with Gasteiger partial charge in [-0.1, -0.05) is 24.3 Å². The van der Waals surface area contributed by atoms with Crippen LogP contribution in [0.2, 0.25) is 0 Å². The largest absolute Gasteiger partial charge is 0.496 e. The third-order valence-corrected chi connectivity index (χ3v) is 3.15. The van der Waals surface area contributed by atoms with E-state index in [1.807, 2.05) is 19.1 Å². The number of hydrogen-bond donors (Lipinski definition) is 2. The third-order valence-electron chi connectivity index (χ3n) is 3.15. The number of aryl methyl sites for hydroxylation is 1. The number of nitrogens with two attached hydrogens (primary N) is 1. The molecule has 0 aliphatic rings. The van der Waals surface area contributed by atoms with Crippen molar-refractivity contribution >= 4 is 5.69 Å². The SMILES string of the molecule is COc1ccc(NCc2ccc(CN)cc2)cc1C. The molecule has 0 atom stereocenters. The highest BCUT2D eigenvalue weighted by Crippen LogP contribution is 2.21. The Hall–Kier alpha value is -2.00. The standard InChI is InChI=1S/C16H20N2O/c1-12-9-15(7-8-16(12)19-2)18-11-14-5-3-13(10-17)4-6-14/h3-9,18H,10-11,17H2,1-2H3. The Bertz CT molecular complexity index is 535. The first kappa shape index (κ1) is 13.4. The highest BCUT2D eigenvalue weighted by atomic mass is 16.5. The summed E-state index contributed by atoms with van der Waals surface area (Å²) < 4.78 is 5.25. The lowest BCUT2D eigenvalue weighted by Gasteiger charge is -2.10. The van der Waals surface area contributed by atoms with Crippen molar-refractivity contribution in [2.75, 3.05) is 12.4 Å². The predicted molar refractivity (Wildman–Crippen MR) is 79.4 cm³/mol. The summed E-state index contributed by atoms with van der Waals surface area (Å²) >= 11 is 0. The second-order valence-electron chi connectivity index (χ2n) is 4.56. The van der Waals surface area contributed by atoms with Crippen LogP contribution in [0.4, 0.5) is 5.69 Å². The lowest BCUT2D eigenvalue weighted by molar-refractivity contribution is 0.412. The molecule has 0 amide bonds. The van der Waals surface area contributed by atoms with Crippen molar-refractivity contribution in [2.45, 2.75) is 20.0 Å². The fourth-order valence-corrected chi connectivity index (χ4v) is 1.99. The minimum absolute atomic E-state index is 0.589. The van der Waals surface area contributed by atoms with Crippen LogP contribution in [0.25, 0.3) is 0 Å². The second-order valence-corrected chi connectivity index (χ2v) is 4.56. The van der Waals surface area contributed by atoms with Gasteiger partial charge >= 0.3 is 0 Å². The first-order chi connectivity index (χ1) is 9.22. The second kappa shape index (κ2) is 6.25. The molecule has 0 aliphatic heterocycles. The number of nitrogens with one attached hydrogen (secondary N) is 1. The molecule has 0 aliphatic carbocycles. The molecule has 0 aromatic heterocycles. The summed E-state index contributed by atoms with van der Waals surface area (Å²) in [7, 11) is 1.69. The molecule has 19 heavy (non-hydrogen) atoms. The van der Waals surface area contributed by atoms with Crippen LogP contribution < -0.4 is 15.8 Å². The van der Waals surface area contributed by atoms with Crippen molar-refractivity contribution in [3.63, 3.8) is 0 Å². The smallest absolute Gasteiger partial charge is 0.121 e. The molecule has 0 radical (unpaired) electrons. The van der Waals surface area contributed by atoms with Crippen molar-refractivity contribution in [1.82, 2.24) is 0 Å². The molecule has 0 saturated heterocycles. The number of rotatable bonds is 5. The van der Waals surface area contributed by atoms with Gasteiger partial charge in [-0.05, 0) is 41.8 Å². The Kier molecular flexibility index (Phi) is 4.42. The molecule has 100 valence electrons. The van der Waals surface area contributed by atoms with E-state index >= 15 is 0 Å². The van der Waals surface area contributed by atoms with E-state index in [9.17, 15) is 0 Å². The summed E-state index contributed by atoms with van der Waals surface area (Å²) in [6.07, 6.45) is 0. The monoisotopic (exact) mass is 256 g/mol. The van der Waals surface area contributed by atoms with Crippen LogP contribution in [-0.2, 0) is 13.1 Å². The average Bonchev–Trinajstić information content (AvgIpc) is 2.46. The first-order valence-electron chi connectivity index (χ1n) is 6.39. The topological polar surface area (TPSA) is 47.3 Å². The maximum atomic E-state index is 5.58. The number of methoxy groups -OCH3 is 1. The summed E-state index contributed by atoms with van der Waals surface area (Å²) in [6.45, 7) is 3.43. The van der Waals surface area contributed by atoms with Crippen LogP contribution in [0.15, 0.2) is 42.5 Å². The fraction of sp³-hybridized carbons (Fsp3) is 0.250. The fourth-order valence-electron chi connectivity index (χ4n) is 1.99. The third kappa shape index (κ3) is 3.48. The molecule has 3 N–H and O–H groups in total. The van der Waals surface area contributed by atoms with Crippen LogP contribution in [-0.4, -0.2) is 7.11 Å². The molecule has 0 bridgehead atoms. The van der Waals surface area contributed by atoms with Gasteiger partial charge in [-0.2, -0.15) is 0 Å². The lowest BCUT2D eigenvalue weighted by Crippen LogP contribution is -2.01. The van der Waals surface area contributed by atoms with Crippen LogP contribution in [0.3, 0.4) is 0 Å². The minimum Gasteiger partial charge on any atom is -0.496 e. The van der Waals surface area contributed by atoms with E-state index in [1.54, 1.807) is 7.11 Å². The van der Waals surface area contributed by atoms with Crippen LogP contribution in [0.1, 0.15) is 16.7 Å². The van der Waals surface area contributed by atoms with Gasteiger partial charge in [0.1, 0.15) is 5.75 Å². The highest BCUT2D eigenvalue weighted by molar-refractivity contribution is 5.51. The summed E-state index contributed by atoms with van der Waals surface area (Å²) in [6, 6.07) is 14.4. The Labute approximate surface area is 114 Å². The Balaban J connectivity index is 1.99. The van der Waals surface area contributed by atoms with Crippen molar-refractivity contribution in [3.8, 4) is 5.75 Å². The van der Waals surface area contributed by atoms with E-state index in [1.165, 1.54) is 5.56 Å². The van der Waals surface area contributed by atoms with E-state index in [-0.39, 0.29) is 0 Å². The highest BCUT2D eigenvalue weighted by Gasteiger charge is 2.00. The van der Waals surface area contributed by atoms with Crippen molar-refractivity contribution in [1.29, 1.82) is 0 Å². The van der Waals surface area contributed by atoms with E-state index < -0.39 is 0 Å². The summed E-state index contributed by atoms with van der Waals surface area (Å²) in [4.78, 5) is 0. The quantitative estimate of drug-likeness (QED) is 0.864. The zero-order valence-corrected chi connectivity index (χ0v) is 11.4. The van der Waals surface area contributed by atoms with Crippen LogP contribution in [0, 0.1) is 6.92 Å². The van der Waals surface area contributed by atoms with Gasteiger partial charge in [0.15, 0.2) is 0 Å². The van der Waals surface area contributed by atoms with Crippen LogP contribution >= 0.6 is 0 Å². The van der Waals surface area contributed by atoms with Gasteiger partial charge in [0.05, 0.1) is 7.11 Å². The van der Waals surface area contributed by atoms with Crippen LogP contribution in [0.5, 0.6) is 5.75 Å². The summed E-state index contributed by atoms with van der Waals surface area (Å²) in [5.41, 5.74) is 10.2. The first-order valence-corrected chi connectivity index (χ1v) is 6.39. The molecule has 3 nitrogen and oxygen atoms in total. The Morgan fingerprint density at radius 2 is 1.74 bits per heavy atom. The molecule has 2 aromatic rings. The van der Waals surface area contributed by atoms with Gasteiger partial charge in [0.25, 0.3) is 0 Å². The zero-order valence-electron chi connectivity index (χ0n) is 11.4. The molecule has 0 saturated carbocycles. The molecule has 0 unspecified atom stereocenters. The molecule has 0 heterocycles. The van der Waals surface area contributed by atoms with Gasteiger partial charge < -0.3 is 15.8 Å². The van der Waals surface area contributed by atoms with E-state index in [0.29, 0.717) is 6.54 Å². The van der Waals surface area contributed by atoms with Gasteiger partial charge in [0.2, 0.25) is 0 Å². The minimum atomic E-state index is 0.589. The molecule has 2 aromatic carbocycles. The normalized spacial score (nSPS) is 10.3. The Morgan fingerprint density at radius 3 is 2.32 bits per heavy atom. The van der Waals surface area contributed by atoms with Gasteiger partial charge in [-0.25, -0.2) is 0 Å². The molecule has 2 rings (SSSR count). The van der Waals surface area contributed by atoms with E-state index in [4.69, 9.17) is 10.5 Å². The van der Waals surface area contributed by atoms with Gasteiger partial charge in [0, 0.05) is 18.8 Å². The molecular weight excluding hydrogens is 236 g/mol. The van der Waals surface area contributed by atoms with Crippen molar-refractivity contribution in [3.05, 3.63) is 59.2 Å². The van der Waals surface area contributed by atoms with Gasteiger partial charge in [-0.3, -0.25) is 0 Å². The molecule has 3 heteroatoms. The van der Waals surface area contributed by atoms with Gasteiger partial charge in [-0.15, -0.1) is 0 Å². The lowest BCUT2D eigenvalue weighted by atomic mass is 10.1. The summed E-state index contributed by atoms with van der Waals surface area (Å²) in [5, 5.41) is 3.40. The molecule has 0 spiro atoms. The average molecular weight is 256 g/mol. The maximum Gasteiger partial charge on any atom is 0.121 e. The number of benzene rings is 2. The number of ether oxygens (including phenoxy) is 1. The zero-order chi connectivity index (χ0) is 13.7. The molecule has 0 fully saturated rings. The number of hydrogen-bond acceptors (Lipinski definition) is 3. The van der Waals surface area contributed by atoms with Crippen molar-refractivity contribution < 1.29 is 4.74 Å². The summed E-state index contributed by atoms with van der Waals surface area (Å²) in [5.74, 6) is 0.915. The van der Waals surface area contributed by atoms with E-state index in [2.05, 4.69) is 35.6 Å². The van der Waals surface area contributed by atoms with Crippen molar-refractivity contribution in [2.24, 2.45) is 5.73 Å². The number of anilines is 1. The predicted octanol–water partition coefficient (Wildman–Crippen LogP) is 3.07. The maximum absolute atomic E-state index is 5.58. The van der Waals surface area contributed by atoms with E-state index in [0.717, 1.165) is 29.1 Å². The Morgan fingerprint density at radius 1 is 1.05 bits per heavy atom. The molecular formula is C16H20N2O.